The number of rotatable bonds is 8. The van der Waals surface area contributed by atoms with Crippen LogP contribution in [0.5, 0.6) is 0 Å². The van der Waals surface area contributed by atoms with Crippen molar-refractivity contribution in [3.8, 4) is 0 Å². The maximum Gasteiger partial charge on any atom is 0.223 e. The van der Waals surface area contributed by atoms with Crippen LogP contribution in [-0.4, -0.2) is 23.7 Å². The summed E-state index contributed by atoms with van der Waals surface area (Å²) in [5.74, 6) is -0.585. The largest absolute Gasteiger partial charge is 0.394 e. The maximum atomic E-state index is 13.6. The molecule has 2 atom stereocenters. The smallest absolute Gasteiger partial charge is 0.223 e. The molecule has 0 fully saturated rings. The topological polar surface area (TPSA) is 49.3 Å². The number of aliphatic hydroxyl groups excluding tert-OH is 1. The van der Waals surface area contributed by atoms with Gasteiger partial charge in [0.25, 0.3) is 0 Å². The molecule has 0 radical (unpaired) electrons. The number of carbonyl (C=O) groups excluding carboxylic acids is 1. The van der Waals surface area contributed by atoms with Crippen molar-refractivity contribution in [2.75, 3.05) is 6.61 Å². The molecule has 0 heterocycles. The highest BCUT2D eigenvalue weighted by Gasteiger charge is 2.18. The first-order valence-corrected chi connectivity index (χ1v) is 8.28. The number of halogens is 1. The Morgan fingerprint density at radius 3 is 2.46 bits per heavy atom. The second-order valence-corrected chi connectivity index (χ2v) is 6.11. The van der Waals surface area contributed by atoms with Crippen LogP contribution in [0.4, 0.5) is 4.39 Å². The zero-order chi connectivity index (χ0) is 17.4. The summed E-state index contributed by atoms with van der Waals surface area (Å²) in [5, 5.41) is 12.4. The van der Waals surface area contributed by atoms with Gasteiger partial charge in [0.15, 0.2) is 0 Å². The fraction of sp³-hybridized carbons (Fsp3) is 0.350. The molecule has 2 N–H and O–H groups in total. The van der Waals surface area contributed by atoms with Gasteiger partial charge in [-0.1, -0.05) is 55.5 Å². The Morgan fingerprint density at radius 1 is 1.12 bits per heavy atom. The van der Waals surface area contributed by atoms with Crippen LogP contribution >= 0.6 is 0 Å². The van der Waals surface area contributed by atoms with Gasteiger partial charge in [-0.3, -0.25) is 4.79 Å². The van der Waals surface area contributed by atoms with Crippen molar-refractivity contribution in [2.45, 2.75) is 32.2 Å². The molecule has 0 aliphatic carbocycles. The summed E-state index contributed by atoms with van der Waals surface area (Å²) in [6.45, 7) is 1.72. The first kappa shape index (κ1) is 18.1. The van der Waals surface area contributed by atoms with Crippen LogP contribution in [0, 0.1) is 11.7 Å². The monoisotopic (exact) mass is 329 g/mol. The summed E-state index contributed by atoms with van der Waals surface area (Å²) in [6.07, 6.45) is 1.67. The molecule has 24 heavy (non-hydrogen) atoms. The lowest BCUT2D eigenvalue weighted by molar-refractivity contribution is -0.125. The van der Waals surface area contributed by atoms with E-state index in [1.165, 1.54) is 6.07 Å². The van der Waals surface area contributed by atoms with E-state index in [1.807, 2.05) is 37.3 Å². The van der Waals surface area contributed by atoms with Gasteiger partial charge in [-0.05, 0) is 36.5 Å². The number of amides is 1. The Bertz CT molecular complexity index is 645. The molecule has 0 aromatic heterocycles. The van der Waals surface area contributed by atoms with E-state index in [4.69, 9.17) is 0 Å². The van der Waals surface area contributed by atoms with Crippen molar-refractivity contribution in [3.05, 3.63) is 71.5 Å². The second kappa shape index (κ2) is 9.18. The van der Waals surface area contributed by atoms with E-state index in [0.717, 1.165) is 5.56 Å². The molecule has 1 amide bonds. The van der Waals surface area contributed by atoms with E-state index in [9.17, 15) is 14.3 Å². The summed E-state index contributed by atoms with van der Waals surface area (Å²) in [4.78, 5) is 12.3. The molecule has 0 spiro atoms. The molecule has 128 valence electrons. The lowest BCUT2D eigenvalue weighted by Gasteiger charge is -2.19. The standard InChI is InChI=1S/C20H24FNO2/c1-15(11-12-17-9-5-6-10-19(17)21)20(24)22-18(14-23)13-16-7-3-2-4-8-16/h2-10,15,18,23H,11-14H2,1H3,(H,22,24). The number of nitrogens with one attached hydrogen (secondary N) is 1. The first-order chi connectivity index (χ1) is 11.6. The fourth-order valence-corrected chi connectivity index (χ4v) is 2.61. The molecule has 4 heteroatoms. The van der Waals surface area contributed by atoms with Crippen molar-refractivity contribution in [2.24, 2.45) is 5.92 Å². The molecule has 2 rings (SSSR count). The fourth-order valence-electron chi connectivity index (χ4n) is 2.61. The Hall–Kier alpha value is -2.20. The molecule has 0 saturated heterocycles. The Kier molecular flexibility index (Phi) is 6.94. The molecule has 0 aliphatic rings. The Morgan fingerprint density at radius 2 is 1.79 bits per heavy atom. The first-order valence-electron chi connectivity index (χ1n) is 8.28. The zero-order valence-corrected chi connectivity index (χ0v) is 13.9. The van der Waals surface area contributed by atoms with Gasteiger partial charge >= 0.3 is 0 Å². The van der Waals surface area contributed by atoms with Gasteiger partial charge in [0.05, 0.1) is 12.6 Å². The summed E-state index contributed by atoms with van der Waals surface area (Å²) in [6, 6.07) is 16.1. The normalized spacial score (nSPS) is 13.3. The quantitative estimate of drug-likeness (QED) is 0.782. The van der Waals surface area contributed by atoms with Crippen LogP contribution < -0.4 is 5.32 Å². The Labute approximate surface area is 142 Å². The molecule has 2 unspecified atom stereocenters. The van der Waals surface area contributed by atoms with Crippen molar-refractivity contribution < 1.29 is 14.3 Å². The lowest BCUT2D eigenvalue weighted by Crippen LogP contribution is -2.41. The second-order valence-electron chi connectivity index (χ2n) is 6.11. The number of hydrogen-bond donors (Lipinski definition) is 2. The molecule has 0 saturated carbocycles. The van der Waals surface area contributed by atoms with Gasteiger partial charge in [-0.15, -0.1) is 0 Å². The highest BCUT2D eigenvalue weighted by Crippen LogP contribution is 2.13. The average molecular weight is 329 g/mol. The van der Waals surface area contributed by atoms with Gasteiger partial charge in [0.2, 0.25) is 5.91 Å². The minimum absolute atomic E-state index is 0.110. The minimum atomic E-state index is -0.309. The third-order valence-electron chi connectivity index (χ3n) is 4.14. The number of carbonyl (C=O) groups is 1. The highest BCUT2D eigenvalue weighted by molar-refractivity contribution is 5.78. The number of hydrogen-bond acceptors (Lipinski definition) is 2. The van der Waals surface area contributed by atoms with Crippen LogP contribution in [0.1, 0.15) is 24.5 Å². The highest BCUT2D eigenvalue weighted by atomic mass is 19.1. The van der Waals surface area contributed by atoms with Gasteiger partial charge in [-0.25, -0.2) is 4.39 Å². The van der Waals surface area contributed by atoms with Crippen LogP contribution in [-0.2, 0) is 17.6 Å². The van der Waals surface area contributed by atoms with E-state index < -0.39 is 0 Å². The maximum absolute atomic E-state index is 13.6. The minimum Gasteiger partial charge on any atom is -0.394 e. The van der Waals surface area contributed by atoms with Gasteiger partial charge in [0.1, 0.15) is 5.82 Å². The van der Waals surface area contributed by atoms with E-state index in [0.29, 0.717) is 24.8 Å². The molecular weight excluding hydrogens is 305 g/mol. The van der Waals surface area contributed by atoms with Crippen LogP contribution in [0.15, 0.2) is 54.6 Å². The number of aryl methyl sites for hydroxylation is 1. The van der Waals surface area contributed by atoms with E-state index >= 15 is 0 Å². The molecule has 0 bridgehead atoms. The SMILES string of the molecule is CC(CCc1ccccc1F)C(=O)NC(CO)Cc1ccccc1. The van der Waals surface area contributed by atoms with Crippen LogP contribution in [0.25, 0.3) is 0 Å². The van der Waals surface area contributed by atoms with Crippen molar-refractivity contribution in [1.29, 1.82) is 0 Å². The average Bonchev–Trinajstić information content (AvgIpc) is 2.61. The number of aliphatic hydroxyl groups is 1. The zero-order valence-electron chi connectivity index (χ0n) is 13.9. The Balaban J connectivity index is 1.84. The summed E-state index contributed by atoms with van der Waals surface area (Å²) >= 11 is 0. The molecule has 0 aliphatic heterocycles. The molecule has 2 aromatic carbocycles. The molecular formula is C20H24FNO2. The summed E-state index contributed by atoms with van der Waals surface area (Å²) in [5.41, 5.74) is 1.69. The van der Waals surface area contributed by atoms with E-state index in [1.54, 1.807) is 18.2 Å². The van der Waals surface area contributed by atoms with Gasteiger partial charge < -0.3 is 10.4 Å². The lowest BCUT2D eigenvalue weighted by atomic mass is 9.99. The third kappa shape index (κ3) is 5.46. The third-order valence-corrected chi connectivity index (χ3v) is 4.14. The van der Waals surface area contributed by atoms with Gasteiger partial charge in [-0.2, -0.15) is 0 Å². The molecule has 2 aromatic rings. The molecule has 3 nitrogen and oxygen atoms in total. The predicted octanol–water partition coefficient (Wildman–Crippen LogP) is 3.11. The van der Waals surface area contributed by atoms with Crippen LogP contribution in [0.3, 0.4) is 0 Å². The predicted molar refractivity (Wildman–Crippen MR) is 93.0 cm³/mol. The van der Waals surface area contributed by atoms with Gasteiger partial charge in [0, 0.05) is 5.92 Å². The van der Waals surface area contributed by atoms with Crippen LogP contribution in [0.2, 0.25) is 0 Å². The summed E-state index contributed by atoms with van der Waals surface area (Å²) < 4.78 is 13.6. The van der Waals surface area contributed by atoms with E-state index in [-0.39, 0.29) is 30.3 Å². The van der Waals surface area contributed by atoms with E-state index in [2.05, 4.69) is 5.32 Å². The number of benzene rings is 2. The van der Waals surface area contributed by atoms with Crippen molar-refractivity contribution >= 4 is 5.91 Å². The van der Waals surface area contributed by atoms with Crippen molar-refractivity contribution in [3.63, 3.8) is 0 Å². The van der Waals surface area contributed by atoms with Crippen molar-refractivity contribution in [1.82, 2.24) is 5.32 Å². The summed E-state index contributed by atoms with van der Waals surface area (Å²) in [7, 11) is 0.